The fourth-order valence-electron chi connectivity index (χ4n) is 2.15. The molecule has 2 aromatic carbocycles. The molecule has 0 aliphatic carbocycles. The Morgan fingerprint density at radius 1 is 1.00 bits per heavy atom. The molecule has 0 saturated heterocycles. The van der Waals surface area contributed by atoms with Gasteiger partial charge in [0.25, 0.3) is 0 Å². The van der Waals surface area contributed by atoms with Crippen LogP contribution in [0.4, 0.5) is 22.7 Å². The predicted octanol–water partition coefficient (Wildman–Crippen LogP) is 2.09. The van der Waals surface area contributed by atoms with Crippen molar-refractivity contribution in [2.45, 2.75) is 6.42 Å². The van der Waals surface area contributed by atoms with Gasteiger partial charge in [0.2, 0.25) is 0 Å². The lowest BCUT2D eigenvalue weighted by Gasteiger charge is -2.09. The summed E-state index contributed by atoms with van der Waals surface area (Å²) in [6.45, 7) is 0.735. The third kappa shape index (κ3) is 4.17. The van der Waals surface area contributed by atoms with Crippen LogP contribution < -0.4 is 22.5 Å². The minimum Gasteiger partial charge on any atom is -0.399 e. The molecule has 0 amide bonds. The van der Waals surface area contributed by atoms with Gasteiger partial charge in [-0.3, -0.25) is 0 Å². The third-order valence-electron chi connectivity index (χ3n) is 3.36. The highest BCUT2D eigenvalue weighted by Gasteiger charge is 2.00. The molecule has 8 N–H and O–H groups in total. The summed E-state index contributed by atoms with van der Waals surface area (Å²) in [5.74, 6) is 0. The average molecular weight is 298 g/mol. The molecule has 0 aliphatic rings. The number of hydrogen-bond acceptors (Lipinski definition) is 5. The van der Waals surface area contributed by atoms with E-state index in [1.165, 1.54) is 0 Å². The number of aliphatic hydroxyl groups excluding tert-OH is 1. The van der Waals surface area contributed by atoms with Crippen molar-refractivity contribution in [3.05, 3.63) is 53.6 Å². The van der Waals surface area contributed by atoms with E-state index < -0.39 is 0 Å². The van der Waals surface area contributed by atoms with Crippen LogP contribution in [0, 0.1) is 0 Å². The van der Waals surface area contributed by atoms with Crippen molar-refractivity contribution in [2.75, 3.05) is 35.7 Å². The van der Waals surface area contributed by atoms with E-state index in [0.717, 1.165) is 16.8 Å². The van der Waals surface area contributed by atoms with Gasteiger partial charge in [0, 0.05) is 35.9 Å². The third-order valence-corrected chi connectivity index (χ3v) is 3.36. The molecule has 0 aromatic heterocycles. The Bertz CT molecular complexity index is 668. The summed E-state index contributed by atoms with van der Waals surface area (Å²) in [5.41, 5.74) is 22.4. The normalized spacial score (nSPS) is 11.0. The molecule has 5 nitrogen and oxygen atoms in total. The van der Waals surface area contributed by atoms with E-state index in [1.807, 2.05) is 36.4 Å². The first kappa shape index (κ1) is 15.7. The zero-order valence-electron chi connectivity index (χ0n) is 12.4. The van der Waals surface area contributed by atoms with Crippen molar-refractivity contribution in [3.8, 4) is 0 Å². The van der Waals surface area contributed by atoms with E-state index in [0.29, 0.717) is 30.0 Å². The van der Waals surface area contributed by atoms with Crippen molar-refractivity contribution in [3.63, 3.8) is 0 Å². The van der Waals surface area contributed by atoms with Crippen LogP contribution in [0.25, 0.3) is 6.08 Å². The number of nitrogens with one attached hydrogen (secondary N) is 1. The van der Waals surface area contributed by atoms with Crippen LogP contribution in [0.15, 0.2) is 42.5 Å². The fraction of sp³-hybridized carbons (Fsp3) is 0.176. The zero-order chi connectivity index (χ0) is 15.9. The number of nitrogens with two attached hydrogens (primary N) is 3. The molecule has 0 unspecified atom stereocenters. The minimum atomic E-state index is 0.0856. The summed E-state index contributed by atoms with van der Waals surface area (Å²) >= 11 is 0. The van der Waals surface area contributed by atoms with Crippen LogP contribution in [0.1, 0.15) is 11.1 Å². The highest BCUT2D eigenvalue weighted by molar-refractivity contribution is 5.68. The Morgan fingerprint density at radius 2 is 1.77 bits per heavy atom. The van der Waals surface area contributed by atoms with Crippen molar-refractivity contribution >= 4 is 28.8 Å². The molecule has 0 heterocycles. The van der Waals surface area contributed by atoms with E-state index in [1.54, 1.807) is 12.1 Å². The smallest absolute Gasteiger partial charge is 0.0472 e. The molecular formula is C17H22N4O. The molecule has 2 rings (SSSR count). The van der Waals surface area contributed by atoms with Crippen molar-refractivity contribution in [2.24, 2.45) is 0 Å². The van der Waals surface area contributed by atoms with Crippen LogP contribution in [0.3, 0.4) is 0 Å². The second kappa shape index (κ2) is 7.38. The molecule has 0 radical (unpaired) electrons. The molecule has 0 fully saturated rings. The topological polar surface area (TPSA) is 110 Å². The monoisotopic (exact) mass is 298 g/mol. The Balaban J connectivity index is 1.97. The number of aliphatic hydroxyl groups is 1. The molecule has 0 bridgehead atoms. The lowest BCUT2D eigenvalue weighted by Crippen LogP contribution is -2.02. The largest absolute Gasteiger partial charge is 0.399 e. The Morgan fingerprint density at radius 3 is 2.55 bits per heavy atom. The van der Waals surface area contributed by atoms with E-state index in [2.05, 4.69) is 5.32 Å². The predicted molar refractivity (Wildman–Crippen MR) is 94.4 cm³/mol. The van der Waals surface area contributed by atoms with Crippen LogP contribution in [0.5, 0.6) is 0 Å². The highest BCUT2D eigenvalue weighted by atomic mass is 16.2. The van der Waals surface area contributed by atoms with Gasteiger partial charge >= 0.3 is 0 Å². The molecule has 2 aromatic rings. The molecular weight excluding hydrogens is 276 g/mol. The van der Waals surface area contributed by atoms with E-state index >= 15 is 0 Å². The summed E-state index contributed by atoms with van der Waals surface area (Å²) in [4.78, 5) is 0. The first-order chi connectivity index (χ1) is 10.6. The maximum Gasteiger partial charge on any atom is 0.0472 e. The summed E-state index contributed by atoms with van der Waals surface area (Å²) < 4.78 is 0. The molecule has 5 heteroatoms. The van der Waals surface area contributed by atoms with Gasteiger partial charge in [0.05, 0.1) is 0 Å². The van der Waals surface area contributed by atoms with Gasteiger partial charge in [0.1, 0.15) is 0 Å². The maximum atomic E-state index is 9.01. The summed E-state index contributed by atoms with van der Waals surface area (Å²) in [5, 5.41) is 12.3. The molecule has 0 aliphatic heterocycles. The van der Waals surface area contributed by atoms with Gasteiger partial charge < -0.3 is 27.6 Å². The van der Waals surface area contributed by atoms with E-state index in [9.17, 15) is 0 Å². The lowest BCUT2D eigenvalue weighted by molar-refractivity contribution is 0.300. The Kier molecular flexibility index (Phi) is 5.27. The minimum absolute atomic E-state index is 0.0856. The summed E-state index contributed by atoms with van der Waals surface area (Å²) in [7, 11) is 0. The van der Waals surface area contributed by atoms with E-state index in [-0.39, 0.29) is 6.61 Å². The summed E-state index contributed by atoms with van der Waals surface area (Å²) in [6.07, 6.45) is 4.47. The SMILES string of the molecule is Nc1ccc(N)c(C=CCNc2ccc(N)c(CCO)c2)c1. The number of nitrogen functional groups attached to an aromatic ring is 3. The quantitative estimate of drug-likeness (QED) is 0.524. The van der Waals surface area contributed by atoms with Gasteiger partial charge in [-0.15, -0.1) is 0 Å². The Hall–Kier alpha value is -2.66. The van der Waals surface area contributed by atoms with Gasteiger partial charge in [-0.2, -0.15) is 0 Å². The van der Waals surface area contributed by atoms with Crippen LogP contribution in [0.2, 0.25) is 0 Å². The molecule has 116 valence electrons. The molecule has 22 heavy (non-hydrogen) atoms. The van der Waals surface area contributed by atoms with Gasteiger partial charge in [-0.05, 0) is 53.9 Å². The lowest BCUT2D eigenvalue weighted by atomic mass is 10.1. The van der Waals surface area contributed by atoms with E-state index in [4.69, 9.17) is 22.3 Å². The molecule has 0 saturated carbocycles. The number of anilines is 4. The molecule has 0 atom stereocenters. The second-order valence-electron chi connectivity index (χ2n) is 5.06. The van der Waals surface area contributed by atoms with Gasteiger partial charge in [-0.25, -0.2) is 0 Å². The first-order valence-corrected chi connectivity index (χ1v) is 7.15. The fourth-order valence-corrected chi connectivity index (χ4v) is 2.15. The average Bonchev–Trinajstić information content (AvgIpc) is 2.50. The van der Waals surface area contributed by atoms with Crippen LogP contribution >= 0.6 is 0 Å². The van der Waals surface area contributed by atoms with Gasteiger partial charge in [-0.1, -0.05) is 12.2 Å². The van der Waals surface area contributed by atoms with Gasteiger partial charge in [0.15, 0.2) is 0 Å². The van der Waals surface area contributed by atoms with Crippen LogP contribution in [-0.4, -0.2) is 18.3 Å². The zero-order valence-corrected chi connectivity index (χ0v) is 12.4. The Labute approximate surface area is 130 Å². The summed E-state index contributed by atoms with van der Waals surface area (Å²) in [6, 6.07) is 11.1. The number of rotatable bonds is 6. The second-order valence-corrected chi connectivity index (χ2v) is 5.06. The van der Waals surface area contributed by atoms with Crippen LogP contribution in [-0.2, 0) is 6.42 Å². The van der Waals surface area contributed by atoms with Crippen molar-refractivity contribution in [1.82, 2.24) is 0 Å². The maximum absolute atomic E-state index is 9.01. The van der Waals surface area contributed by atoms with Crippen molar-refractivity contribution < 1.29 is 5.11 Å². The first-order valence-electron chi connectivity index (χ1n) is 7.15. The number of hydrogen-bond donors (Lipinski definition) is 5. The van der Waals surface area contributed by atoms with Crippen molar-refractivity contribution in [1.29, 1.82) is 0 Å². The standard InChI is InChI=1S/C17H22N4O/c18-14-3-5-16(19)12(10-14)2-1-8-21-15-4-6-17(20)13(11-15)7-9-22/h1-6,10-11,21-22H,7-9,18-20H2. The molecule has 0 spiro atoms. The number of benzene rings is 2. The highest BCUT2D eigenvalue weighted by Crippen LogP contribution is 2.19.